The van der Waals surface area contributed by atoms with Crippen LogP contribution in [0.1, 0.15) is 20.3 Å². The fraction of sp³-hybridized carbons (Fsp3) is 0.357. The SMILES string of the molecule is CCN1C(=O)C(=CC2=CC=CC2)C(=O)N(CC)C1=S. The number of hydrogen-bond donors (Lipinski definition) is 0. The van der Waals surface area contributed by atoms with E-state index in [-0.39, 0.29) is 17.4 Å². The molecule has 0 radical (unpaired) electrons. The molecule has 1 heterocycles. The Balaban J connectivity index is 2.38. The Bertz CT molecular complexity index is 504. The van der Waals surface area contributed by atoms with Crippen LogP contribution in [0, 0.1) is 0 Å². The third kappa shape index (κ3) is 2.38. The van der Waals surface area contributed by atoms with Gasteiger partial charge in [0.05, 0.1) is 0 Å². The van der Waals surface area contributed by atoms with Crippen molar-refractivity contribution in [3.8, 4) is 0 Å². The van der Waals surface area contributed by atoms with Crippen molar-refractivity contribution < 1.29 is 9.59 Å². The molecule has 2 rings (SSSR count). The fourth-order valence-corrected chi connectivity index (χ4v) is 2.56. The second kappa shape index (κ2) is 5.48. The highest BCUT2D eigenvalue weighted by Gasteiger charge is 2.37. The molecule has 0 atom stereocenters. The summed E-state index contributed by atoms with van der Waals surface area (Å²) in [7, 11) is 0. The van der Waals surface area contributed by atoms with Crippen molar-refractivity contribution in [2.24, 2.45) is 0 Å². The molecule has 0 aromatic carbocycles. The van der Waals surface area contributed by atoms with Crippen LogP contribution in [0.25, 0.3) is 0 Å². The van der Waals surface area contributed by atoms with Gasteiger partial charge < -0.3 is 0 Å². The minimum Gasteiger partial charge on any atom is -0.285 e. The Labute approximate surface area is 118 Å². The molecule has 0 unspecified atom stereocenters. The Morgan fingerprint density at radius 1 is 1.21 bits per heavy atom. The molecule has 2 amide bonds. The molecular formula is C14H16N2O2S. The van der Waals surface area contributed by atoms with Gasteiger partial charge in [-0.1, -0.05) is 18.2 Å². The Morgan fingerprint density at radius 2 is 1.79 bits per heavy atom. The molecule has 0 aromatic heterocycles. The standard InChI is InChI=1S/C14H16N2O2S/c1-3-15-12(17)11(9-10-7-5-6-8-10)13(18)16(4-2)14(15)19/h5-7,9H,3-4,8H2,1-2H3. The van der Waals surface area contributed by atoms with E-state index in [2.05, 4.69) is 0 Å². The van der Waals surface area contributed by atoms with Gasteiger partial charge in [-0.25, -0.2) is 0 Å². The van der Waals surface area contributed by atoms with Gasteiger partial charge in [-0.2, -0.15) is 0 Å². The molecular weight excluding hydrogens is 260 g/mol. The van der Waals surface area contributed by atoms with E-state index in [1.54, 1.807) is 6.08 Å². The van der Waals surface area contributed by atoms with Gasteiger partial charge in [-0.05, 0) is 44.1 Å². The molecule has 5 heteroatoms. The summed E-state index contributed by atoms with van der Waals surface area (Å²) in [6, 6.07) is 0. The fourth-order valence-electron chi connectivity index (χ4n) is 2.14. The number of carbonyl (C=O) groups is 2. The van der Waals surface area contributed by atoms with Crippen LogP contribution in [0.2, 0.25) is 0 Å². The lowest BCUT2D eigenvalue weighted by atomic mass is 10.1. The van der Waals surface area contributed by atoms with Gasteiger partial charge in [0.1, 0.15) is 5.57 Å². The monoisotopic (exact) mass is 276 g/mol. The van der Waals surface area contributed by atoms with Crippen LogP contribution in [0.15, 0.2) is 35.5 Å². The van der Waals surface area contributed by atoms with Gasteiger partial charge in [-0.15, -0.1) is 0 Å². The number of allylic oxidation sites excluding steroid dienone is 5. The molecule has 1 saturated heterocycles. The highest BCUT2D eigenvalue weighted by molar-refractivity contribution is 7.80. The number of amides is 2. The highest BCUT2D eigenvalue weighted by Crippen LogP contribution is 2.21. The largest absolute Gasteiger partial charge is 0.285 e. The van der Waals surface area contributed by atoms with E-state index in [9.17, 15) is 9.59 Å². The Hall–Kier alpha value is -1.75. The van der Waals surface area contributed by atoms with Crippen LogP contribution in [0.4, 0.5) is 0 Å². The first-order chi connectivity index (χ1) is 9.10. The molecule has 1 aliphatic carbocycles. The summed E-state index contributed by atoms with van der Waals surface area (Å²) in [6.45, 7) is 4.63. The summed E-state index contributed by atoms with van der Waals surface area (Å²) in [4.78, 5) is 27.5. The number of hydrogen-bond acceptors (Lipinski definition) is 3. The second-order valence-electron chi connectivity index (χ2n) is 4.31. The van der Waals surface area contributed by atoms with Crippen molar-refractivity contribution >= 4 is 29.1 Å². The summed E-state index contributed by atoms with van der Waals surface area (Å²) in [6.07, 6.45) is 8.26. The molecule has 4 nitrogen and oxygen atoms in total. The lowest BCUT2D eigenvalue weighted by Crippen LogP contribution is -2.55. The Kier molecular flexibility index (Phi) is 3.95. The van der Waals surface area contributed by atoms with Crippen LogP contribution < -0.4 is 0 Å². The van der Waals surface area contributed by atoms with Gasteiger partial charge in [0.15, 0.2) is 5.11 Å². The predicted octanol–water partition coefficient (Wildman–Crippen LogP) is 1.79. The van der Waals surface area contributed by atoms with E-state index in [0.717, 1.165) is 12.0 Å². The quantitative estimate of drug-likeness (QED) is 0.448. The minimum atomic E-state index is -0.296. The van der Waals surface area contributed by atoms with Crippen LogP contribution in [0.3, 0.4) is 0 Å². The average molecular weight is 276 g/mol. The maximum atomic E-state index is 12.3. The van der Waals surface area contributed by atoms with E-state index in [1.807, 2.05) is 32.1 Å². The van der Waals surface area contributed by atoms with Gasteiger partial charge in [-0.3, -0.25) is 19.4 Å². The van der Waals surface area contributed by atoms with Crippen molar-refractivity contribution in [2.75, 3.05) is 13.1 Å². The zero-order valence-electron chi connectivity index (χ0n) is 11.0. The van der Waals surface area contributed by atoms with Crippen LogP contribution in [0.5, 0.6) is 0 Å². The highest BCUT2D eigenvalue weighted by atomic mass is 32.1. The maximum Gasteiger partial charge on any atom is 0.265 e. The normalized spacial score (nSPS) is 19.4. The number of rotatable bonds is 3. The smallest absolute Gasteiger partial charge is 0.265 e. The summed E-state index contributed by atoms with van der Waals surface area (Å²) < 4.78 is 0. The van der Waals surface area contributed by atoms with Gasteiger partial charge >= 0.3 is 0 Å². The van der Waals surface area contributed by atoms with E-state index in [1.165, 1.54) is 9.80 Å². The van der Waals surface area contributed by atoms with Crippen molar-refractivity contribution in [3.05, 3.63) is 35.5 Å². The zero-order chi connectivity index (χ0) is 14.0. The third-order valence-corrected chi connectivity index (χ3v) is 3.62. The van der Waals surface area contributed by atoms with Crippen LogP contribution in [-0.4, -0.2) is 39.8 Å². The first kappa shape index (κ1) is 13.7. The van der Waals surface area contributed by atoms with Crippen molar-refractivity contribution in [1.82, 2.24) is 9.80 Å². The van der Waals surface area contributed by atoms with Crippen LogP contribution >= 0.6 is 12.2 Å². The lowest BCUT2D eigenvalue weighted by Gasteiger charge is -2.35. The average Bonchev–Trinajstić information content (AvgIpc) is 2.88. The summed E-state index contributed by atoms with van der Waals surface area (Å²) in [5.74, 6) is -0.593. The van der Waals surface area contributed by atoms with E-state index in [4.69, 9.17) is 12.2 Å². The summed E-state index contributed by atoms with van der Waals surface area (Å²) in [5.41, 5.74) is 1.17. The number of carbonyl (C=O) groups excluding carboxylic acids is 2. The van der Waals surface area contributed by atoms with Crippen LogP contribution in [-0.2, 0) is 9.59 Å². The maximum absolute atomic E-state index is 12.3. The molecule has 19 heavy (non-hydrogen) atoms. The molecule has 0 N–H and O–H groups in total. The van der Waals surface area contributed by atoms with E-state index in [0.29, 0.717) is 18.2 Å². The predicted molar refractivity (Wildman–Crippen MR) is 77.3 cm³/mol. The molecule has 0 bridgehead atoms. The molecule has 2 aliphatic rings. The minimum absolute atomic E-state index is 0.201. The molecule has 100 valence electrons. The van der Waals surface area contributed by atoms with Gasteiger partial charge in [0.25, 0.3) is 11.8 Å². The molecule has 1 aliphatic heterocycles. The van der Waals surface area contributed by atoms with Crippen molar-refractivity contribution in [3.63, 3.8) is 0 Å². The number of thiocarbonyl (C=S) groups is 1. The topological polar surface area (TPSA) is 40.6 Å². The van der Waals surface area contributed by atoms with E-state index < -0.39 is 0 Å². The molecule has 1 fully saturated rings. The van der Waals surface area contributed by atoms with Gasteiger partial charge in [0, 0.05) is 13.1 Å². The molecule has 0 saturated carbocycles. The first-order valence-electron chi connectivity index (χ1n) is 6.35. The third-order valence-electron chi connectivity index (χ3n) is 3.18. The summed E-state index contributed by atoms with van der Waals surface area (Å²) in [5, 5.41) is 0.302. The number of likely N-dealkylation sites (N-methyl/N-ethyl adjacent to an activating group) is 2. The lowest BCUT2D eigenvalue weighted by molar-refractivity contribution is -0.133. The van der Waals surface area contributed by atoms with Crippen molar-refractivity contribution in [1.29, 1.82) is 0 Å². The van der Waals surface area contributed by atoms with Gasteiger partial charge in [0.2, 0.25) is 0 Å². The van der Waals surface area contributed by atoms with Crippen molar-refractivity contribution in [2.45, 2.75) is 20.3 Å². The second-order valence-corrected chi connectivity index (χ2v) is 4.68. The Morgan fingerprint density at radius 3 is 2.21 bits per heavy atom. The molecule has 0 spiro atoms. The molecule has 0 aromatic rings. The van der Waals surface area contributed by atoms with E-state index >= 15 is 0 Å². The summed E-state index contributed by atoms with van der Waals surface area (Å²) >= 11 is 5.19. The zero-order valence-corrected chi connectivity index (χ0v) is 11.9. The first-order valence-corrected chi connectivity index (χ1v) is 6.76. The number of nitrogens with zero attached hydrogens (tertiary/aromatic N) is 2.